The number of ether oxygens (including phenoxy) is 1. The third kappa shape index (κ3) is 6.06. The van der Waals surface area contributed by atoms with Gasteiger partial charge in [-0.25, -0.2) is 9.97 Å². The molecule has 0 aliphatic carbocycles. The smallest absolute Gasteiger partial charge is 0.131 e. The minimum atomic E-state index is 0.776. The molecule has 0 aliphatic rings. The molecule has 2 N–H and O–H groups in total. The molecule has 0 atom stereocenters. The van der Waals surface area contributed by atoms with Crippen molar-refractivity contribution in [2.24, 2.45) is 0 Å². The highest BCUT2D eigenvalue weighted by Gasteiger charge is 1.97. The zero-order chi connectivity index (χ0) is 12.3. The van der Waals surface area contributed by atoms with Gasteiger partial charge in [-0.2, -0.15) is 0 Å². The first kappa shape index (κ1) is 13.7. The Hall–Kier alpha value is -1.36. The molecule has 0 amide bonds. The minimum Gasteiger partial charge on any atom is -0.382 e. The maximum atomic E-state index is 5.26. The number of nitrogens with zero attached hydrogens (tertiary/aromatic N) is 2. The van der Waals surface area contributed by atoms with Gasteiger partial charge in [-0.3, -0.25) is 0 Å². The van der Waals surface area contributed by atoms with E-state index in [1.807, 2.05) is 13.0 Å². The molecule has 0 spiro atoms. The Kier molecular flexibility index (Phi) is 7.06. The van der Waals surface area contributed by atoms with E-state index >= 15 is 0 Å². The molecule has 1 aromatic rings. The number of anilines is 2. The van der Waals surface area contributed by atoms with Crippen molar-refractivity contribution in [2.45, 2.75) is 26.7 Å². The standard InChI is InChI=1S/C12H22N4O/c1-3-6-13-11-9-12(16-10-15-11)14-7-5-8-17-4-2/h9-10H,3-8H2,1-2H3,(H2,13,14,15,16). The molecule has 96 valence electrons. The molecule has 1 heterocycles. The lowest BCUT2D eigenvalue weighted by Crippen LogP contribution is -2.08. The Morgan fingerprint density at radius 1 is 1.12 bits per heavy atom. The molecule has 0 unspecified atom stereocenters. The lowest BCUT2D eigenvalue weighted by Gasteiger charge is -2.07. The SMILES string of the molecule is CCCNc1cc(NCCCOCC)ncn1. The lowest BCUT2D eigenvalue weighted by atomic mass is 10.4. The van der Waals surface area contributed by atoms with Crippen LogP contribution < -0.4 is 10.6 Å². The summed E-state index contributed by atoms with van der Waals surface area (Å²) >= 11 is 0. The number of hydrogen-bond acceptors (Lipinski definition) is 5. The van der Waals surface area contributed by atoms with E-state index in [2.05, 4.69) is 27.5 Å². The van der Waals surface area contributed by atoms with Crippen LogP contribution in [-0.4, -0.2) is 36.3 Å². The first-order chi connectivity index (χ1) is 8.36. The number of nitrogens with one attached hydrogen (secondary N) is 2. The van der Waals surface area contributed by atoms with Gasteiger partial charge < -0.3 is 15.4 Å². The van der Waals surface area contributed by atoms with Crippen molar-refractivity contribution < 1.29 is 4.74 Å². The van der Waals surface area contributed by atoms with Gasteiger partial charge in [-0.05, 0) is 19.8 Å². The van der Waals surface area contributed by atoms with Crippen molar-refractivity contribution in [1.29, 1.82) is 0 Å². The Morgan fingerprint density at radius 2 is 1.82 bits per heavy atom. The third-order valence-electron chi connectivity index (χ3n) is 2.20. The number of aromatic nitrogens is 2. The van der Waals surface area contributed by atoms with Crippen LogP contribution in [0.25, 0.3) is 0 Å². The van der Waals surface area contributed by atoms with Crippen molar-refractivity contribution in [2.75, 3.05) is 36.9 Å². The molecule has 0 aliphatic heterocycles. The van der Waals surface area contributed by atoms with Crippen LogP contribution in [0.2, 0.25) is 0 Å². The molecule has 1 rings (SSSR count). The second-order valence-corrected chi connectivity index (χ2v) is 3.69. The van der Waals surface area contributed by atoms with Gasteiger partial charge in [-0.15, -0.1) is 0 Å². The second kappa shape index (κ2) is 8.75. The van der Waals surface area contributed by atoms with Crippen molar-refractivity contribution in [3.63, 3.8) is 0 Å². The molecule has 0 saturated heterocycles. The van der Waals surface area contributed by atoms with E-state index in [-0.39, 0.29) is 0 Å². The molecule has 5 nitrogen and oxygen atoms in total. The predicted molar refractivity (Wildman–Crippen MR) is 70.4 cm³/mol. The lowest BCUT2D eigenvalue weighted by molar-refractivity contribution is 0.147. The van der Waals surface area contributed by atoms with Gasteiger partial charge in [-0.1, -0.05) is 6.92 Å². The van der Waals surface area contributed by atoms with Crippen molar-refractivity contribution in [3.8, 4) is 0 Å². The maximum absolute atomic E-state index is 5.26. The zero-order valence-corrected chi connectivity index (χ0v) is 10.7. The molecular formula is C12H22N4O. The molecular weight excluding hydrogens is 216 g/mol. The molecule has 5 heteroatoms. The summed E-state index contributed by atoms with van der Waals surface area (Å²) in [6.45, 7) is 7.49. The Balaban J connectivity index is 2.27. The quantitative estimate of drug-likeness (QED) is 0.645. The average molecular weight is 238 g/mol. The summed E-state index contributed by atoms with van der Waals surface area (Å²) < 4.78 is 5.26. The molecule has 0 bridgehead atoms. The van der Waals surface area contributed by atoms with Gasteiger partial charge in [0.25, 0.3) is 0 Å². The largest absolute Gasteiger partial charge is 0.382 e. The van der Waals surface area contributed by atoms with Crippen LogP contribution in [0.1, 0.15) is 26.7 Å². The summed E-state index contributed by atoms with van der Waals surface area (Å²) in [6, 6.07) is 1.93. The van der Waals surface area contributed by atoms with E-state index in [1.54, 1.807) is 6.33 Å². The van der Waals surface area contributed by atoms with E-state index in [9.17, 15) is 0 Å². The summed E-state index contributed by atoms with van der Waals surface area (Å²) in [5.41, 5.74) is 0. The molecule has 0 aromatic carbocycles. The van der Waals surface area contributed by atoms with Gasteiger partial charge in [0.15, 0.2) is 0 Å². The zero-order valence-electron chi connectivity index (χ0n) is 10.7. The minimum absolute atomic E-state index is 0.776. The van der Waals surface area contributed by atoms with E-state index in [0.29, 0.717) is 0 Å². The van der Waals surface area contributed by atoms with Crippen molar-refractivity contribution >= 4 is 11.6 Å². The third-order valence-corrected chi connectivity index (χ3v) is 2.20. The Morgan fingerprint density at radius 3 is 2.47 bits per heavy atom. The molecule has 17 heavy (non-hydrogen) atoms. The van der Waals surface area contributed by atoms with Crippen LogP contribution in [0.3, 0.4) is 0 Å². The van der Waals surface area contributed by atoms with Crippen molar-refractivity contribution in [1.82, 2.24) is 9.97 Å². The fourth-order valence-corrected chi connectivity index (χ4v) is 1.34. The fourth-order valence-electron chi connectivity index (χ4n) is 1.34. The first-order valence-corrected chi connectivity index (χ1v) is 6.24. The van der Waals surface area contributed by atoms with Crippen molar-refractivity contribution in [3.05, 3.63) is 12.4 Å². The van der Waals surface area contributed by atoms with E-state index in [1.165, 1.54) is 0 Å². The number of rotatable bonds is 9. The normalized spacial score (nSPS) is 10.2. The van der Waals surface area contributed by atoms with Gasteiger partial charge >= 0.3 is 0 Å². The second-order valence-electron chi connectivity index (χ2n) is 3.69. The van der Waals surface area contributed by atoms with Crippen LogP contribution in [0, 0.1) is 0 Å². The van der Waals surface area contributed by atoms with E-state index in [4.69, 9.17) is 4.74 Å². The summed E-state index contributed by atoms with van der Waals surface area (Å²) in [6.07, 6.45) is 3.64. The van der Waals surface area contributed by atoms with Gasteiger partial charge in [0, 0.05) is 32.4 Å². The van der Waals surface area contributed by atoms with Crippen LogP contribution in [0.5, 0.6) is 0 Å². The topological polar surface area (TPSA) is 59.1 Å². The Labute approximate surface area is 103 Å². The van der Waals surface area contributed by atoms with Crippen LogP contribution in [0.15, 0.2) is 12.4 Å². The Bertz CT molecular complexity index is 306. The molecule has 0 radical (unpaired) electrons. The highest BCUT2D eigenvalue weighted by atomic mass is 16.5. The van der Waals surface area contributed by atoms with Gasteiger partial charge in [0.1, 0.15) is 18.0 Å². The van der Waals surface area contributed by atoms with E-state index in [0.717, 1.165) is 50.8 Å². The summed E-state index contributed by atoms with van der Waals surface area (Å²) in [4.78, 5) is 8.31. The summed E-state index contributed by atoms with van der Waals surface area (Å²) in [7, 11) is 0. The van der Waals surface area contributed by atoms with Crippen LogP contribution in [0.4, 0.5) is 11.6 Å². The fraction of sp³-hybridized carbons (Fsp3) is 0.667. The highest BCUT2D eigenvalue weighted by Crippen LogP contribution is 2.08. The number of hydrogen-bond donors (Lipinski definition) is 2. The van der Waals surface area contributed by atoms with Crippen LogP contribution in [-0.2, 0) is 4.74 Å². The predicted octanol–water partition coefficient (Wildman–Crippen LogP) is 2.14. The van der Waals surface area contributed by atoms with Crippen LogP contribution >= 0.6 is 0 Å². The van der Waals surface area contributed by atoms with Gasteiger partial charge in [0.2, 0.25) is 0 Å². The molecule has 1 aromatic heterocycles. The summed E-state index contributed by atoms with van der Waals surface area (Å²) in [5.74, 6) is 1.73. The van der Waals surface area contributed by atoms with E-state index < -0.39 is 0 Å². The first-order valence-electron chi connectivity index (χ1n) is 6.24. The maximum Gasteiger partial charge on any atom is 0.131 e. The molecule has 0 saturated carbocycles. The average Bonchev–Trinajstić information content (AvgIpc) is 2.37. The van der Waals surface area contributed by atoms with Gasteiger partial charge in [0.05, 0.1) is 0 Å². The molecule has 0 fully saturated rings. The highest BCUT2D eigenvalue weighted by molar-refractivity contribution is 5.46. The summed E-state index contributed by atoms with van der Waals surface area (Å²) in [5, 5.41) is 6.48. The monoisotopic (exact) mass is 238 g/mol.